The normalized spacial score (nSPS) is 39.7. The lowest BCUT2D eigenvalue weighted by Gasteiger charge is -2.63. The zero-order chi connectivity index (χ0) is 18.7. The Morgan fingerprint density at radius 2 is 2.15 bits per heavy atom. The topological polar surface area (TPSA) is 62.2 Å². The van der Waals surface area contributed by atoms with Crippen molar-refractivity contribution in [1.82, 2.24) is 10.3 Å². The highest BCUT2D eigenvalue weighted by molar-refractivity contribution is 6.24. The lowest BCUT2D eigenvalue weighted by molar-refractivity contribution is -0.187. The van der Waals surface area contributed by atoms with Gasteiger partial charge in [0.1, 0.15) is 0 Å². The molecule has 0 aromatic carbocycles. The molecule has 1 aromatic rings. The van der Waals surface area contributed by atoms with Gasteiger partial charge in [0.05, 0.1) is 11.6 Å². The fraction of sp³-hybridized carbons (Fsp3) is 0.667. The van der Waals surface area contributed by atoms with Crippen molar-refractivity contribution in [2.45, 2.75) is 54.8 Å². The summed E-state index contributed by atoms with van der Waals surface area (Å²) in [4.78, 5) is 15.2. The van der Waals surface area contributed by atoms with Gasteiger partial charge in [-0.1, -0.05) is 6.07 Å². The monoisotopic (exact) mass is 388 g/mol. The largest absolute Gasteiger partial charge is 0.471 e. The van der Waals surface area contributed by atoms with Gasteiger partial charge in [0.25, 0.3) is 0 Å². The summed E-state index contributed by atoms with van der Waals surface area (Å²) in [6.07, 6.45) is 1.16. The highest BCUT2D eigenvalue weighted by atomic mass is 35.5. The molecule has 0 saturated heterocycles. The molecule has 1 unspecified atom stereocenters. The third-order valence-electron chi connectivity index (χ3n) is 6.26. The predicted molar refractivity (Wildman–Crippen MR) is 88.3 cm³/mol. The van der Waals surface area contributed by atoms with E-state index in [9.17, 15) is 23.1 Å². The molecule has 1 amide bonds. The Bertz CT molecular complexity index is 716. The molecule has 1 aromatic heterocycles. The van der Waals surface area contributed by atoms with Crippen LogP contribution in [-0.2, 0) is 4.79 Å². The van der Waals surface area contributed by atoms with E-state index < -0.39 is 34.5 Å². The van der Waals surface area contributed by atoms with E-state index in [1.54, 1.807) is 12.1 Å². The summed E-state index contributed by atoms with van der Waals surface area (Å²) in [5.41, 5.74) is -0.704. The molecule has 26 heavy (non-hydrogen) atoms. The van der Waals surface area contributed by atoms with Crippen LogP contribution in [0.4, 0.5) is 13.2 Å². The molecule has 0 radical (unpaired) electrons. The van der Waals surface area contributed by atoms with Gasteiger partial charge < -0.3 is 10.4 Å². The number of amides is 1. The van der Waals surface area contributed by atoms with Crippen molar-refractivity contribution in [3.63, 3.8) is 0 Å². The van der Waals surface area contributed by atoms with Crippen molar-refractivity contribution in [1.29, 1.82) is 0 Å². The quantitative estimate of drug-likeness (QED) is 0.780. The van der Waals surface area contributed by atoms with Gasteiger partial charge >= 0.3 is 12.1 Å². The maximum Gasteiger partial charge on any atom is 0.471 e. The molecule has 6 atom stereocenters. The maximum atomic E-state index is 12.9. The van der Waals surface area contributed by atoms with Crippen molar-refractivity contribution in [2.75, 3.05) is 0 Å². The highest BCUT2D eigenvalue weighted by Crippen LogP contribution is 2.64. The van der Waals surface area contributed by atoms with Crippen LogP contribution in [0.1, 0.15) is 43.7 Å². The second kappa shape index (κ2) is 5.83. The van der Waals surface area contributed by atoms with Crippen LogP contribution in [0.2, 0.25) is 0 Å². The van der Waals surface area contributed by atoms with E-state index >= 15 is 0 Å². The first kappa shape index (κ1) is 18.0. The molecule has 4 nitrogen and oxygen atoms in total. The van der Waals surface area contributed by atoms with Gasteiger partial charge in [-0.05, 0) is 55.6 Å². The minimum absolute atomic E-state index is 0.0301. The van der Waals surface area contributed by atoms with Crippen molar-refractivity contribution < 1.29 is 23.1 Å². The molecule has 1 heterocycles. The molecular formula is C18H20ClF3N2O2. The Morgan fingerprint density at radius 1 is 1.38 bits per heavy atom. The number of aliphatic hydroxyl groups is 1. The Labute approximate surface area is 154 Å². The van der Waals surface area contributed by atoms with Gasteiger partial charge in [0, 0.05) is 23.2 Å². The standard InChI is InChI=1S/C18H20ClF3N2O2/c19-16-5-10-4-12(7-16)13(17(26,6-10)9-16)14(11-2-1-3-23-8-11)24-15(25)18(20,21)22/h1-3,8,10,12-14,26H,4-7,9H2,(H,24,25)/t10-,12?,13+,14-,16-,17-/m0/s1. The molecule has 0 spiro atoms. The van der Waals surface area contributed by atoms with Crippen molar-refractivity contribution in [3.05, 3.63) is 30.1 Å². The number of aromatic nitrogens is 1. The highest BCUT2D eigenvalue weighted by Gasteiger charge is 2.63. The van der Waals surface area contributed by atoms with E-state index in [0.717, 1.165) is 12.8 Å². The van der Waals surface area contributed by atoms with E-state index in [2.05, 4.69) is 10.3 Å². The predicted octanol–water partition coefficient (Wildman–Crippen LogP) is 3.35. The summed E-state index contributed by atoms with van der Waals surface area (Å²) in [6, 6.07) is 2.30. The number of halogens is 4. The lowest BCUT2D eigenvalue weighted by atomic mass is 9.47. The molecular weight excluding hydrogens is 369 g/mol. The minimum Gasteiger partial charge on any atom is -0.389 e. The van der Waals surface area contributed by atoms with Gasteiger partial charge in [-0.25, -0.2) is 0 Å². The second-order valence-corrected chi connectivity index (χ2v) is 8.97. The molecule has 142 valence electrons. The zero-order valence-corrected chi connectivity index (χ0v) is 14.7. The van der Waals surface area contributed by atoms with E-state index in [1.807, 2.05) is 0 Å². The first-order valence-electron chi connectivity index (χ1n) is 8.79. The van der Waals surface area contributed by atoms with Gasteiger partial charge in [-0.3, -0.25) is 9.78 Å². The fourth-order valence-electron chi connectivity index (χ4n) is 5.80. The Morgan fingerprint density at radius 3 is 2.73 bits per heavy atom. The molecule has 4 bridgehead atoms. The van der Waals surface area contributed by atoms with Gasteiger partial charge in [-0.15, -0.1) is 11.6 Å². The third kappa shape index (κ3) is 2.99. The molecule has 4 aliphatic carbocycles. The van der Waals surface area contributed by atoms with Crippen molar-refractivity contribution in [2.24, 2.45) is 17.8 Å². The summed E-state index contributed by atoms with van der Waals surface area (Å²) >= 11 is 6.68. The van der Waals surface area contributed by atoms with Gasteiger partial charge in [0.2, 0.25) is 0 Å². The van der Waals surface area contributed by atoms with Crippen LogP contribution < -0.4 is 5.32 Å². The van der Waals surface area contributed by atoms with Crippen molar-refractivity contribution in [3.8, 4) is 0 Å². The first-order valence-corrected chi connectivity index (χ1v) is 9.16. The maximum absolute atomic E-state index is 12.9. The molecule has 5 rings (SSSR count). The third-order valence-corrected chi connectivity index (χ3v) is 6.70. The van der Waals surface area contributed by atoms with Crippen LogP contribution in [-0.4, -0.2) is 32.6 Å². The molecule has 8 heteroatoms. The summed E-state index contributed by atoms with van der Waals surface area (Å²) in [5, 5.41) is 13.5. The number of alkyl halides is 4. The summed E-state index contributed by atoms with van der Waals surface area (Å²) in [7, 11) is 0. The second-order valence-electron chi connectivity index (χ2n) is 8.17. The average Bonchev–Trinajstić information content (AvgIpc) is 2.50. The van der Waals surface area contributed by atoms with E-state index in [0.29, 0.717) is 24.8 Å². The molecule has 4 fully saturated rings. The number of pyridine rings is 1. The van der Waals surface area contributed by atoms with Crippen LogP contribution in [0.5, 0.6) is 0 Å². The number of hydrogen-bond acceptors (Lipinski definition) is 3. The Kier molecular flexibility index (Phi) is 4.04. The van der Waals surface area contributed by atoms with Crippen LogP contribution in [0, 0.1) is 17.8 Å². The Hall–Kier alpha value is -1.34. The average molecular weight is 389 g/mol. The number of carbonyl (C=O) groups is 1. The number of nitrogens with zero attached hydrogens (tertiary/aromatic N) is 1. The number of hydrogen-bond donors (Lipinski definition) is 2. The Balaban J connectivity index is 1.71. The first-order chi connectivity index (χ1) is 12.1. The molecule has 0 aliphatic heterocycles. The van der Waals surface area contributed by atoms with Gasteiger partial charge in [-0.2, -0.15) is 13.2 Å². The van der Waals surface area contributed by atoms with Crippen LogP contribution in [0.3, 0.4) is 0 Å². The van der Waals surface area contributed by atoms with Gasteiger partial charge in [0.15, 0.2) is 0 Å². The van der Waals surface area contributed by atoms with Crippen LogP contribution in [0.25, 0.3) is 0 Å². The molecule has 2 N–H and O–H groups in total. The molecule has 4 aliphatic rings. The molecule has 4 saturated carbocycles. The number of nitrogens with one attached hydrogen (secondary N) is 1. The summed E-state index contributed by atoms with van der Waals surface area (Å²) < 4.78 is 38.7. The van der Waals surface area contributed by atoms with E-state index in [4.69, 9.17) is 11.6 Å². The zero-order valence-electron chi connectivity index (χ0n) is 14.0. The number of rotatable bonds is 3. The van der Waals surface area contributed by atoms with Crippen LogP contribution in [0.15, 0.2) is 24.5 Å². The summed E-state index contributed by atoms with van der Waals surface area (Å²) in [5.74, 6) is -2.25. The smallest absolute Gasteiger partial charge is 0.389 e. The SMILES string of the molecule is O=C(N[C@@H](c1cccnc1)[C@H]1C2C[C@H]3C[C@](Cl)(C2)C[C@@]1(O)C3)C(F)(F)F. The number of carbonyl (C=O) groups excluding carboxylic acids is 1. The minimum atomic E-state index is -4.98. The van der Waals surface area contributed by atoms with E-state index in [-0.39, 0.29) is 11.8 Å². The van der Waals surface area contributed by atoms with E-state index in [1.165, 1.54) is 12.4 Å². The fourth-order valence-corrected chi connectivity index (χ4v) is 6.45. The lowest BCUT2D eigenvalue weighted by Crippen LogP contribution is -2.65. The van der Waals surface area contributed by atoms with Crippen molar-refractivity contribution >= 4 is 17.5 Å². The van der Waals surface area contributed by atoms with Crippen LogP contribution >= 0.6 is 11.6 Å². The summed E-state index contributed by atoms with van der Waals surface area (Å²) in [6.45, 7) is 0.